The number of carbonyl (C=O) groups excluding carboxylic acids is 2. The van der Waals surface area contributed by atoms with Gasteiger partial charge in [0.1, 0.15) is 24.9 Å². The van der Waals surface area contributed by atoms with Crippen molar-refractivity contribution >= 4 is 17.9 Å². The standard InChI is InChI=1S/C49H84O11/c1-3-5-7-9-11-13-15-17-18-19-20-21-22-23-24-26-27-29-31-33-35-37-42(50)57-39-41(40-58-49-46(54)44(52)45(53)47(60-49)48(55)56)59-43(51)38-36-34-32-30-28-25-16-14-12-10-8-6-4-2/h5,7,11,13,17-18,20-21,41,44-47,49,52-54H,3-4,6,8-10,12,14-16,19,22-40H2,1-2H3,(H,55,56)/b7-5-,13-11-,18-17-,21-20-. The summed E-state index contributed by atoms with van der Waals surface area (Å²) in [5.74, 6) is -2.45. The lowest BCUT2D eigenvalue weighted by molar-refractivity contribution is -0.298. The fourth-order valence-corrected chi connectivity index (χ4v) is 6.99. The number of hydrogen-bond acceptors (Lipinski definition) is 10. The summed E-state index contributed by atoms with van der Waals surface area (Å²) in [5, 5.41) is 39.8. The van der Waals surface area contributed by atoms with Crippen molar-refractivity contribution in [2.24, 2.45) is 0 Å². The molecule has 4 N–H and O–H groups in total. The molecule has 6 unspecified atom stereocenters. The van der Waals surface area contributed by atoms with Gasteiger partial charge >= 0.3 is 17.9 Å². The smallest absolute Gasteiger partial charge is 0.335 e. The maximum absolute atomic E-state index is 12.8. The monoisotopic (exact) mass is 849 g/mol. The van der Waals surface area contributed by atoms with E-state index in [0.717, 1.165) is 70.6 Å². The lowest BCUT2D eigenvalue weighted by Gasteiger charge is -2.38. The molecule has 0 bridgehead atoms. The van der Waals surface area contributed by atoms with Gasteiger partial charge in [-0.2, -0.15) is 0 Å². The Bertz CT molecular complexity index is 1180. The summed E-state index contributed by atoms with van der Waals surface area (Å²) in [6.07, 6.45) is 37.3. The second kappa shape index (κ2) is 39.0. The number of rotatable bonds is 39. The number of carboxylic acid groups (broad SMARTS) is 1. The number of hydrogen-bond donors (Lipinski definition) is 4. The summed E-state index contributed by atoms with van der Waals surface area (Å²) in [5.41, 5.74) is 0. The fourth-order valence-electron chi connectivity index (χ4n) is 6.99. The zero-order valence-corrected chi connectivity index (χ0v) is 37.4. The third kappa shape index (κ3) is 30.2. The van der Waals surface area contributed by atoms with E-state index in [4.69, 9.17) is 18.9 Å². The first kappa shape index (κ1) is 55.2. The number of carboxylic acids is 1. The minimum absolute atomic E-state index is 0.183. The second-order valence-electron chi connectivity index (χ2n) is 16.2. The number of esters is 2. The first-order valence-corrected chi connectivity index (χ1v) is 23.7. The summed E-state index contributed by atoms with van der Waals surface area (Å²) in [6, 6.07) is 0. The van der Waals surface area contributed by atoms with Gasteiger partial charge in [0.15, 0.2) is 18.5 Å². The molecule has 0 aromatic rings. The molecule has 1 aliphatic heterocycles. The molecule has 0 aromatic heterocycles. The summed E-state index contributed by atoms with van der Waals surface area (Å²) in [6.45, 7) is 3.70. The number of unbranched alkanes of at least 4 members (excludes halogenated alkanes) is 20. The van der Waals surface area contributed by atoms with Crippen LogP contribution in [0.15, 0.2) is 48.6 Å². The average molecular weight is 849 g/mol. The summed E-state index contributed by atoms with van der Waals surface area (Å²) < 4.78 is 21.8. The lowest BCUT2D eigenvalue weighted by atomic mass is 9.99. The normalized spacial score (nSPS) is 20.2. The van der Waals surface area contributed by atoms with Crippen molar-refractivity contribution in [2.75, 3.05) is 13.2 Å². The number of carbonyl (C=O) groups is 3. The number of ether oxygens (including phenoxy) is 4. The Morgan fingerprint density at radius 3 is 1.48 bits per heavy atom. The molecule has 1 heterocycles. The molecule has 11 nitrogen and oxygen atoms in total. The van der Waals surface area contributed by atoms with Crippen LogP contribution in [0.1, 0.15) is 194 Å². The molecule has 11 heteroatoms. The molecule has 60 heavy (non-hydrogen) atoms. The van der Waals surface area contributed by atoms with Crippen LogP contribution in [0.2, 0.25) is 0 Å². The highest BCUT2D eigenvalue weighted by Crippen LogP contribution is 2.23. The minimum Gasteiger partial charge on any atom is -0.479 e. The second-order valence-corrected chi connectivity index (χ2v) is 16.2. The topological polar surface area (TPSA) is 169 Å². The third-order valence-corrected chi connectivity index (χ3v) is 10.7. The van der Waals surface area contributed by atoms with E-state index in [9.17, 15) is 34.8 Å². The van der Waals surface area contributed by atoms with Crippen LogP contribution in [-0.4, -0.2) is 88.4 Å². The first-order valence-electron chi connectivity index (χ1n) is 23.7. The Morgan fingerprint density at radius 2 is 0.983 bits per heavy atom. The molecule has 0 radical (unpaired) electrons. The van der Waals surface area contributed by atoms with E-state index in [1.807, 2.05) is 0 Å². The highest BCUT2D eigenvalue weighted by Gasteiger charge is 2.47. The largest absolute Gasteiger partial charge is 0.479 e. The highest BCUT2D eigenvalue weighted by molar-refractivity contribution is 5.73. The fraction of sp³-hybridized carbons (Fsp3) is 0.776. The van der Waals surface area contributed by atoms with Crippen molar-refractivity contribution in [3.05, 3.63) is 48.6 Å². The Balaban J connectivity index is 2.32. The maximum atomic E-state index is 12.8. The summed E-state index contributed by atoms with van der Waals surface area (Å²) in [4.78, 5) is 36.9. The predicted octanol–water partition coefficient (Wildman–Crippen LogP) is 10.5. The molecule has 0 aliphatic carbocycles. The van der Waals surface area contributed by atoms with Crippen molar-refractivity contribution in [3.8, 4) is 0 Å². The van der Waals surface area contributed by atoms with E-state index in [0.29, 0.717) is 12.8 Å². The Hall–Kier alpha value is -2.83. The molecule has 0 amide bonds. The first-order chi connectivity index (χ1) is 29.2. The van der Waals surface area contributed by atoms with E-state index >= 15 is 0 Å². The molecule has 0 spiro atoms. The molecule has 0 aromatic carbocycles. The number of allylic oxidation sites excluding steroid dienone is 8. The predicted molar refractivity (Wildman–Crippen MR) is 238 cm³/mol. The van der Waals surface area contributed by atoms with Gasteiger partial charge in [0.2, 0.25) is 0 Å². The van der Waals surface area contributed by atoms with E-state index in [-0.39, 0.29) is 19.4 Å². The third-order valence-electron chi connectivity index (χ3n) is 10.7. The van der Waals surface area contributed by atoms with Crippen LogP contribution >= 0.6 is 0 Å². The van der Waals surface area contributed by atoms with Crippen LogP contribution in [-0.2, 0) is 33.3 Å². The number of aliphatic hydroxyl groups excluding tert-OH is 3. The molecule has 1 fully saturated rings. The maximum Gasteiger partial charge on any atom is 0.335 e. The summed E-state index contributed by atoms with van der Waals surface area (Å²) >= 11 is 0. The van der Waals surface area contributed by atoms with E-state index in [1.54, 1.807) is 0 Å². The Labute approximate surface area is 363 Å². The molecular formula is C49H84O11. The van der Waals surface area contributed by atoms with Crippen LogP contribution in [0.3, 0.4) is 0 Å². The Kier molecular flexibility index (Phi) is 35.9. The van der Waals surface area contributed by atoms with Gasteiger partial charge in [-0.15, -0.1) is 0 Å². The molecule has 0 saturated carbocycles. The van der Waals surface area contributed by atoms with Crippen LogP contribution < -0.4 is 0 Å². The molecule has 1 saturated heterocycles. The minimum atomic E-state index is -1.86. The van der Waals surface area contributed by atoms with Crippen molar-refractivity contribution in [3.63, 3.8) is 0 Å². The molecular weight excluding hydrogens is 765 g/mol. The van der Waals surface area contributed by atoms with Crippen LogP contribution in [0.4, 0.5) is 0 Å². The quantitative estimate of drug-likeness (QED) is 0.0264. The van der Waals surface area contributed by atoms with Crippen molar-refractivity contribution in [1.29, 1.82) is 0 Å². The van der Waals surface area contributed by atoms with Crippen molar-refractivity contribution < 1.29 is 53.8 Å². The van der Waals surface area contributed by atoms with Crippen LogP contribution in [0, 0.1) is 0 Å². The van der Waals surface area contributed by atoms with Gasteiger partial charge in [0, 0.05) is 12.8 Å². The average Bonchev–Trinajstić information content (AvgIpc) is 3.23. The molecule has 1 rings (SSSR count). The Morgan fingerprint density at radius 1 is 0.533 bits per heavy atom. The van der Waals surface area contributed by atoms with Gasteiger partial charge in [-0.05, 0) is 51.4 Å². The zero-order chi connectivity index (χ0) is 43.9. The number of aliphatic carboxylic acids is 1. The molecule has 346 valence electrons. The van der Waals surface area contributed by atoms with Gasteiger partial charge < -0.3 is 39.4 Å². The molecule has 6 atom stereocenters. The van der Waals surface area contributed by atoms with Crippen LogP contribution in [0.25, 0.3) is 0 Å². The molecule has 1 aliphatic rings. The van der Waals surface area contributed by atoms with Gasteiger partial charge in [0.25, 0.3) is 0 Å². The van der Waals surface area contributed by atoms with Crippen molar-refractivity contribution in [2.45, 2.75) is 230 Å². The van der Waals surface area contributed by atoms with Crippen LogP contribution in [0.5, 0.6) is 0 Å². The van der Waals surface area contributed by atoms with E-state index < -0.39 is 61.3 Å². The van der Waals surface area contributed by atoms with Gasteiger partial charge in [-0.3, -0.25) is 9.59 Å². The van der Waals surface area contributed by atoms with Gasteiger partial charge in [-0.25, -0.2) is 4.79 Å². The van der Waals surface area contributed by atoms with E-state index in [2.05, 4.69) is 62.5 Å². The summed E-state index contributed by atoms with van der Waals surface area (Å²) in [7, 11) is 0. The highest BCUT2D eigenvalue weighted by atomic mass is 16.7. The number of aliphatic hydroxyl groups is 3. The van der Waals surface area contributed by atoms with Gasteiger partial charge in [0.05, 0.1) is 6.61 Å². The van der Waals surface area contributed by atoms with Gasteiger partial charge in [-0.1, -0.05) is 178 Å². The van der Waals surface area contributed by atoms with E-state index in [1.165, 1.54) is 83.5 Å². The zero-order valence-electron chi connectivity index (χ0n) is 37.4. The SMILES string of the molecule is CC/C=C\C/C=C\C/C=C\C/C=C\CCCCCCCCCCC(=O)OCC(COC1OC(C(=O)O)C(O)C(O)C1O)OC(=O)CCCCCCCCCCCCCCC. The lowest BCUT2D eigenvalue weighted by Crippen LogP contribution is -2.60. The van der Waals surface area contributed by atoms with Crippen molar-refractivity contribution in [1.82, 2.24) is 0 Å².